The van der Waals surface area contributed by atoms with Crippen molar-refractivity contribution in [1.29, 1.82) is 0 Å². The number of fused-ring (bicyclic) bond motifs is 1. The Morgan fingerprint density at radius 3 is 2.42 bits per heavy atom. The third kappa shape index (κ3) is 3.47. The van der Waals surface area contributed by atoms with Gasteiger partial charge in [-0.3, -0.25) is 4.90 Å². The van der Waals surface area contributed by atoms with E-state index < -0.39 is 0 Å². The first-order valence-corrected chi connectivity index (χ1v) is 9.50. The number of aliphatic hydroxyl groups is 1. The van der Waals surface area contributed by atoms with Crippen LogP contribution in [0.1, 0.15) is 48.6 Å². The average molecular weight is 375 g/mol. The predicted octanol–water partition coefficient (Wildman–Crippen LogP) is 3.12. The van der Waals surface area contributed by atoms with Crippen LogP contribution in [0.25, 0.3) is 4.96 Å². The molecular weight excluding hydrogens is 348 g/mol. The number of thiazole rings is 1. The second-order valence-electron chi connectivity index (χ2n) is 7.62. The SMILES string of the molecule is Cc1nc2sc(C(c3ccc(C(C)(C)C)cc3)N(C)CCO)c(O)n2n1. The van der Waals surface area contributed by atoms with Gasteiger partial charge in [-0.25, -0.2) is 4.98 Å². The van der Waals surface area contributed by atoms with Gasteiger partial charge in [0.1, 0.15) is 5.82 Å². The predicted molar refractivity (Wildman–Crippen MR) is 104 cm³/mol. The molecule has 2 N–H and O–H groups in total. The third-order valence-corrected chi connectivity index (χ3v) is 5.61. The fraction of sp³-hybridized carbons (Fsp3) is 0.474. The maximum absolute atomic E-state index is 10.7. The van der Waals surface area contributed by atoms with E-state index in [0.29, 0.717) is 17.3 Å². The molecule has 2 aromatic heterocycles. The van der Waals surface area contributed by atoms with Gasteiger partial charge in [0.25, 0.3) is 0 Å². The number of likely N-dealkylation sites (N-methyl/N-ethyl adjacent to an activating group) is 1. The van der Waals surface area contributed by atoms with Crippen molar-refractivity contribution in [1.82, 2.24) is 19.5 Å². The van der Waals surface area contributed by atoms with E-state index in [9.17, 15) is 10.2 Å². The molecule has 0 saturated heterocycles. The molecule has 0 amide bonds. The van der Waals surface area contributed by atoms with Crippen LogP contribution in [0, 0.1) is 6.92 Å². The van der Waals surface area contributed by atoms with Crippen molar-refractivity contribution in [3.05, 3.63) is 46.1 Å². The second-order valence-corrected chi connectivity index (χ2v) is 8.63. The number of hydrogen-bond acceptors (Lipinski definition) is 6. The maximum Gasteiger partial charge on any atom is 0.230 e. The Bertz CT molecular complexity index is 893. The van der Waals surface area contributed by atoms with E-state index >= 15 is 0 Å². The zero-order valence-electron chi connectivity index (χ0n) is 15.9. The van der Waals surface area contributed by atoms with Crippen LogP contribution >= 0.6 is 11.3 Å². The van der Waals surface area contributed by atoms with Gasteiger partial charge in [0.05, 0.1) is 17.5 Å². The number of aromatic hydroxyl groups is 1. The topological polar surface area (TPSA) is 73.9 Å². The van der Waals surface area contributed by atoms with Crippen molar-refractivity contribution < 1.29 is 10.2 Å². The van der Waals surface area contributed by atoms with Crippen molar-refractivity contribution in [3.63, 3.8) is 0 Å². The fourth-order valence-electron chi connectivity index (χ4n) is 3.08. The van der Waals surface area contributed by atoms with Crippen LogP contribution in [0.3, 0.4) is 0 Å². The lowest BCUT2D eigenvalue weighted by molar-refractivity contribution is 0.196. The quantitative estimate of drug-likeness (QED) is 0.718. The second kappa shape index (κ2) is 6.98. The summed E-state index contributed by atoms with van der Waals surface area (Å²) in [6, 6.07) is 8.28. The standard InChI is InChI=1S/C19H26N4O2S/c1-12-20-18-23(21-12)17(25)16(26-18)15(22(5)10-11-24)13-6-8-14(9-7-13)19(2,3)4/h6-9,15,24-25H,10-11H2,1-5H3. The van der Waals surface area contributed by atoms with Gasteiger partial charge < -0.3 is 10.2 Å². The van der Waals surface area contributed by atoms with E-state index in [0.717, 1.165) is 10.4 Å². The number of hydrogen-bond donors (Lipinski definition) is 2. The summed E-state index contributed by atoms with van der Waals surface area (Å²) in [5, 5.41) is 24.4. The molecule has 0 radical (unpaired) electrons. The highest BCUT2D eigenvalue weighted by Gasteiger charge is 2.27. The molecule has 3 rings (SSSR count). The van der Waals surface area contributed by atoms with Crippen LogP contribution in [0.4, 0.5) is 0 Å². The minimum atomic E-state index is -0.176. The van der Waals surface area contributed by atoms with Crippen LogP contribution in [-0.2, 0) is 5.41 Å². The van der Waals surface area contributed by atoms with Gasteiger partial charge in [-0.2, -0.15) is 4.52 Å². The summed E-state index contributed by atoms with van der Waals surface area (Å²) in [6.45, 7) is 8.91. The summed E-state index contributed by atoms with van der Waals surface area (Å²) >= 11 is 1.43. The minimum Gasteiger partial charge on any atom is -0.492 e. The van der Waals surface area contributed by atoms with Gasteiger partial charge in [0, 0.05) is 6.54 Å². The summed E-state index contributed by atoms with van der Waals surface area (Å²) in [4.78, 5) is 7.84. The summed E-state index contributed by atoms with van der Waals surface area (Å²) in [5.74, 6) is 0.744. The van der Waals surface area contributed by atoms with E-state index in [1.54, 1.807) is 6.92 Å². The van der Waals surface area contributed by atoms with E-state index in [4.69, 9.17) is 0 Å². The molecule has 1 aromatic carbocycles. The molecule has 0 saturated carbocycles. The molecule has 1 atom stereocenters. The molecule has 0 aliphatic rings. The van der Waals surface area contributed by atoms with Crippen molar-refractivity contribution in [2.75, 3.05) is 20.2 Å². The van der Waals surface area contributed by atoms with Crippen LogP contribution in [0.2, 0.25) is 0 Å². The molecule has 1 unspecified atom stereocenters. The maximum atomic E-state index is 10.7. The average Bonchev–Trinajstić information content (AvgIpc) is 3.06. The van der Waals surface area contributed by atoms with Crippen LogP contribution in [0.5, 0.6) is 5.88 Å². The molecule has 0 bridgehead atoms. The highest BCUT2D eigenvalue weighted by Crippen LogP contribution is 2.39. The van der Waals surface area contributed by atoms with Crippen molar-refractivity contribution >= 4 is 16.3 Å². The Balaban J connectivity index is 2.07. The Morgan fingerprint density at radius 1 is 1.23 bits per heavy atom. The first-order chi connectivity index (χ1) is 12.2. The lowest BCUT2D eigenvalue weighted by Crippen LogP contribution is -2.28. The van der Waals surface area contributed by atoms with Crippen LogP contribution in [-0.4, -0.2) is 49.9 Å². The number of nitrogens with zero attached hydrogens (tertiary/aromatic N) is 4. The minimum absolute atomic E-state index is 0.0493. The van der Waals surface area contributed by atoms with Crippen molar-refractivity contribution in [2.24, 2.45) is 0 Å². The highest BCUT2D eigenvalue weighted by atomic mass is 32.1. The van der Waals surface area contributed by atoms with E-state index in [-0.39, 0.29) is 23.9 Å². The van der Waals surface area contributed by atoms with Crippen molar-refractivity contribution in [3.8, 4) is 5.88 Å². The molecule has 3 aromatic rings. The van der Waals surface area contributed by atoms with Crippen LogP contribution < -0.4 is 0 Å². The first kappa shape index (κ1) is 18.8. The molecular formula is C19H26N4O2S. The van der Waals surface area contributed by atoms with Gasteiger partial charge >= 0.3 is 0 Å². The zero-order chi connectivity index (χ0) is 19.1. The summed E-state index contributed by atoms with van der Waals surface area (Å²) in [5.41, 5.74) is 2.40. The molecule has 26 heavy (non-hydrogen) atoms. The van der Waals surface area contributed by atoms with Gasteiger partial charge in [0.2, 0.25) is 10.8 Å². The molecule has 7 heteroatoms. The number of rotatable bonds is 5. The van der Waals surface area contributed by atoms with Crippen LogP contribution in [0.15, 0.2) is 24.3 Å². The van der Waals surface area contributed by atoms with E-state index in [1.165, 1.54) is 21.4 Å². The lowest BCUT2D eigenvalue weighted by atomic mass is 9.86. The molecule has 140 valence electrons. The fourth-order valence-corrected chi connectivity index (χ4v) is 4.28. The summed E-state index contributed by atoms with van der Waals surface area (Å²) in [7, 11) is 1.94. The molecule has 0 aliphatic heterocycles. The highest BCUT2D eigenvalue weighted by molar-refractivity contribution is 7.17. The summed E-state index contributed by atoms with van der Waals surface area (Å²) in [6.07, 6.45) is 0. The number of aryl methyl sites for hydroxylation is 1. The number of aromatic nitrogens is 3. The third-order valence-electron chi connectivity index (χ3n) is 4.54. The molecule has 6 nitrogen and oxygen atoms in total. The van der Waals surface area contributed by atoms with Crippen molar-refractivity contribution in [2.45, 2.75) is 39.2 Å². The smallest absolute Gasteiger partial charge is 0.230 e. The molecule has 0 fully saturated rings. The molecule has 0 aliphatic carbocycles. The Hall–Kier alpha value is -1.96. The Morgan fingerprint density at radius 2 is 1.88 bits per heavy atom. The number of aliphatic hydroxyl groups excluding tert-OH is 1. The van der Waals surface area contributed by atoms with E-state index in [1.807, 2.05) is 11.9 Å². The molecule has 0 spiro atoms. The van der Waals surface area contributed by atoms with Gasteiger partial charge in [-0.05, 0) is 30.5 Å². The first-order valence-electron chi connectivity index (χ1n) is 8.69. The Labute approximate surface area is 157 Å². The van der Waals surface area contributed by atoms with Gasteiger partial charge in [0.15, 0.2) is 0 Å². The Kier molecular flexibility index (Phi) is 5.05. The monoisotopic (exact) mass is 374 g/mol. The van der Waals surface area contributed by atoms with Gasteiger partial charge in [-0.15, -0.1) is 5.10 Å². The lowest BCUT2D eigenvalue weighted by Gasteiger charge is -2.28. The number of benzene rings is 1. The normalized spacial score (nSPS) is 13.7. The van der Waals surface area contributed by atoms with E-state index in [2.05, 4.69) is 55.1 Å². The van der Waals surface area contributed by atoms with Gasteiger partial charge in [-0.1, -0.05) is 56.4 Å². The summed E-state index contributed by atoms with van der Waals surface area (Å²) < 4.78 is 1.48. The largest absolute Gasteiger partial charge is 0.492 e. The zero-order valence-corrected chi connectivity index (χ0v) is 16.7. The molecule has 2 heterocycles.